The number of halogens is 3. The fraction of sp³-hybridized carbons (Fsp3) is 0. The number of thiophene rings is 1. The van der Waals surface area contributed by atoms with E-state index in [0.717, 1.165) is 11.3 Å². The van der Waals surface area contributed by atoms with Gasteiger partial charge in [0, 0.05) is 5.39 Å². The molecule has 15 heavy (non-hydrogen) atoms. The van der Waals surface area contributed by atoms with Crippen molar-refractivity contribution in [3.63, 3.8) is 0 Å². The van der Waals surface area contributed by atoms with Gasteiger partial charge < -0.3 is 5.11 Å². The van der Waals surface area contributed by atoms with Gasteiger partial charge in [-0.2, -0.15) is 0 Å². The van der Waals surface area contributed by atoms with Crippen LogP contribution >= 0.6 is 46.1 Å². The third kappa shape index (κ3) is 1.70. The molecule has 2 nitrogen and oxygen atoms in total. The van der Waals surface area contributed by atoms with Gasteiger partial charge in [-0.25, -0.2) is 4.79 Å². The summed E-state index contributed by atoms with van der Waals surface area (Å²) in [5.41, 5.74) is 0. The Morgan fingerprint density at radius 2 is 1.80 bits per heavy atom. The Morgan fingerprint density at radius 1 is 1.20 bits per heavy atom. The second kappa shape index (κ2) is 3.83. The van der Waals surface area contributed by atoms with E-state index in [9.17, 15) is 4.79 Å². The van der Waals surface area contributed by atoms with E-state index in [1.54, 1.807) is 12.1 Å². The summed E-state index contributed by atoms with van der Waals surface area (Å²) in [5, 5.41) is 10.4. The number of carboxylic acid groups (broad SMARTS) is 1. The van der Waals surface area contributed by atoms with Gasteiger partial charge in [-0.1, -0.05) is 34.8 Å². The molecule has 0 aliphatic carbocycles. The van der Waals surface area contributed by atoms with Crippen molar-refractivity contribution in [1.82, 2.24) is 0 Å². The second-order valence-corrected chi connectivity index (χ2v) is 5.00. The molecule has 0 aliphatic rings. The van der Waals surface area contributed by atoms with Crippen LogP contribution in [0.4, 0.5) is 0 Å². The Hall–Kier alpha value is -0.480. The highest BCUT2D eigenvalue weighted by Gasteiger charge is 2.19. The van der Waals surface area contributed by atoms with Crippen molar-refractivity contribution >= 4 is 62.2 Å². The summed E-state index contributed by atoms with van der Waals surface area (Å²) in [6.45, 7) is 0. The monoisotopic (exact) mass is 280 g/mol. The largest absolute Gasteiger partial charge is 0.477 e. The first-order valence-corrected chi connectivity index (χ1v) is 5.76. The van der Waals surface area contributed by atoms with Crippen molar-refractivity contribution in [1.29, 1.82) is 0 Å². The van der Waals surface area contributed by atoms with E-state index in [2.05, 4.69) is 0 Å². The molecule has 0 aliphatic heterocycles. The van der Waals surface area contributed by atoms with Crippen LogP contribution in [0.25, 0.3) is 10.1 Å². The van der Waals surface area contributed by atoms with E-state index in [-0.39, 0.29) is 9.90 Å². The Bertz CT molecular complexity index is 562. The smallest absolute Gasteiger partial charge is 0.347 e. The molecule has 0 amide bonds. The van der Waals surface area contributed by atoms with Crippen molar-refractivity contribution < 1.29 is 9.90 Å². The molecule has 2 rings (SSSR count). The average molecular weight is 282 g/mol. The van der Waals surface area contributed by atoms with Crippen LogP contribution in [0.2, 0.25) is 15.1 Å². The van der Waals surface area contributed by atoms with Crippen LogP contribution < -0.4 is 0 Å². The first-order valence-electron chi connectivity index (χ1n) is 3.81. The van der Waals surface area contributed by atoms with E-state index in [1.807, 2.05) is 0 Å². The predicted octanol–water partition coefficient (Wildman–Crippen LogP) is 4.56. The SMILES string of the molecule is O=C(O)c1sc2c(Cl)ccc(Cl)c2c1Cl. The maximum Gasteiger partial charge on any atom is 0.347 e. The van der Waals surface area contributed by atoms with Gasteiger partial charge in [0.25, 0.3) is 0 Å². The zero-order chi connectivity index (χ0) is 11.2. The number of rotatable bonds is 1. The predicted molar refractivity (Wildman–Crippen MR) is 63.8 cm³/mol. The minimum absolute atomic E-state index is 0.0571. The molecule has 0 atom stereocenters. The van der Waals surface area contributed by atoms with Gasteiger partial charge in [0.2, 0.25) is 0 Å². The highest BCUT2D eigenvalue weighted by atomic mass is 35.5. The van der Waals surface area contributed by atoms with Gasteiger partial charge in [-0.15, -0.1) is 11.3 Å². The number of aromatic carboxylic acids is 1. The van der Waals surface area contributed by atoms with Crippen LogP contribution in [-0.4, -0.2) is 11.1 Å². The third-order valence-electron chi connectivity index (χ3n) is 1.88. The van der Waals surface area contributed by atoms with Crippen molar-refractivity contribution in [2.45, 2.75) is 0 Å². The summed E-state index contributed by atoms with van der Waals surface area (Å²) in [6.07, 6.45) is 0. The van der Waals surface area contributed by atoms with Crippen LogP contribution in [0, 0.1) is 0 Å². The Kier molecular flexibility index (Phi) is 2.81. The maximum absolute atomic E-state index is 10.9. The summed E-state index contributed by atoms with van der Waals surface area (Å²) in [5.74, 6) is -1.08. The summed E-state index contributed by atoms with van der Waals surface area (Å²) >= 11 is 18.8. The van der Waals surface area contributed by atoms with E-state index in [0.29, 0.717) is 20.1 Å². The number of carboxylic acids is 1. The van der Waals surface area contributed by atoms with Gasteiger partial charge in [0.1, 0.15) is 4.88 Å². The molecule has 0 bridgehead atoms. The highest BCUT2D eigenvalue weighted by molar-refractivity contribution is 7.22. The second-order valence-electron chi connectivity index (χ2n) is 2.78. The van der Waals surface area contributed by atoms with Crippen LogP contribution in [-0.2, 0) is 0 Å². The molecule has 0 unspecified atom stereocenters. The standard InChI is InChI=1S/C9H3Cl3O2S/c10-3-1-2-4(11)7-5(3)6(12)8(15-7)9(13)14/h1-2H,(H,13,14). The molecule has 1 N–H and O–H groups in total. The summed E-state index contributed by atoms with van der Waals surface area (Å²) in [4.78, 5) is 10.9. The number of benzene rings is 1. The van der Waals surface area contributed by atoms with Crippen LogP contribution in [0.15, 0.2) is 12.1 Å². The van der Waals surface area contributed by atoms with Gasteiger partial charge in [0.15, 0.2) is 0 Å². The van der Waals surface area contributed by atoms with Gasteiger partial charge in [-0.05, 0) is 12.1 Å². The van der Waals surface area contributed by atoms with Crippen LogP contribution in [0.1, 0.15) is 9.67 Å². The molecule has 0 saturated heterocycles. The van der Waals surface area contributed by atoms with E-state index in [4.69, 9.17) is 39.9 Å². The van der Waals surface area contributed by atoms with Crippen LogP contribution in [0.5, 0.6) is 0 Å². The molecule has 0 radical (unpaired) electrons. The first kappa shape index (κ1) is 11.0. The third-order valence-corrected chi connectivity index (χ3v) is 4.32. The van der Waals surface area contributed by atoms with Crippen LogP contribution in [0.3, 0.4) is 0 Å². The fourth-order valence-electron chi connectivity index (χ4n) is 1.24. The molecule has 1 aromatic carbocycles. The number of hydrogen-bond donors (Lipinski definition) is 1. The number of hydrogen-bond acceptors (Lipinski definition) is 2. The molecule has 0 fully saturated rings. The van der Waals surface area contributed by atoms with Gasteiger partial charge in [0.05, 0.1) is 19.8 Å². The number of carbonyl (C=O) groups is 1. The van der Waals surface area contributed by atoms with E-state index >= 15 is 0 Å². The molecule has 78 valence electrons. The lowest BCUT2D eigenvalue weighted by molar-refractivity contribution is 0.0702. The molecule has 1 heterocycles. The van der Waals surface area contributed by atoms with Crippen molar-refractivity contribution in [2.24, 2.45) is 0 Å². The summed E-state index contributed by atoms with van der Waals surface area (Å²) in [6, 6.07) is 3.21. The zero-order valence-electron chi connectivity index (χ0n) is 7.05. The lowest BCUT2D eigenvalue weighted by Crippen LogP contribution is -1.91. The highest BCUT2D eigenvalue weighted by Crippen LogP contribution is 2.42. The lowest BCUT2D eigenvalue weighted by Gasteiger charge is -1.96. The molecule has 0 spiro atoms. The van der Waals surface area contributed by atoms with Crippen molar-refractivity contribution in [2.75, 3.05) is 0 Å². The quantitative estimate of drug-likeness (QED) is 0.832. The molecule has 0 saturated carbocycles. The zero-order valence-corrected chi connectivity index (χ0v) is 10.1. The topological polar surface area (TPSA) is 37.3 Å². The van der Waals surface area contributed by atoms with E-state index in [1.165, 1.54) is 0 Å². The minimum Gasteiger partial charge on any atom is -0.477 e. The Morgan fingerprint density at radius 3 is 2.33 bits per heavy atom. The van der Waals surface area contributed by atoms with Crippen molar-refractivity contribution in [3.8, 4) is 0 Å². The van der Waals surface area contributed by atoms with Gasteiger partial charge in [-0.3, -0.25) is 0 Å². The first-order chi connectivity index (χ1) is 7.02. The van der Waals surface area contributed by atoms with E-state index < -0.39 is 5.97 Å². The normalized spacial score (nSPS) is 10.9. The molecule has 6 heteroatoms. The molecule has 1 aromatic heterocycles. The summed E-state index contributed by atoms with van der Waals surface area (Å²) < 4.78 is 0.603. The fourth-order valence-corrected chi connectivity index (χ4v) is 3.28. The molecule has 2 aromatic rings. The molecular weight excluding hydrogens is 279 g/mol. The Labute approximate surface area is 104 Å². The summed E-state index contributed by atoms with van der Waals surface area (Å²) in [7, 11) is 0. The maximum atomic E-state index is 10.9. The molecular formula is C9H3Cl3O2S. The lowest BCUT2D eigenvalue weighted by atomic mass is 10.2. The van der Waals surface area contributed by atoms with Gasteiger partial charge >= 0.3 is 5.97 Å². The average Bonchev–Trinajstić information content (AvgIpc) is 2.51. The van der Waals surface area contributed by atoms with Crippen molar-refractivity contribution in [3.05, 3.63) is 32.1 Å². The number of fused-ring (bicyclic) bond motifs is 1. The minimum atomic E-state index is -1.08. The Balaban J connectivity index is 2.93.